The predicted octanol–water partition coefficient (Wildman–Crippen LogP) is 11.5. The number of aromatic nitrogens is 2. The number of rotatable bonds is 27. The van der Waals surface area contributed by atoms with E-state index in [1.165, 1.54) is 75.4 Å². The molecular weight excluding hydrogens is 1340 g/mol. The van der Waals surface area contributed by atoms with Crippen molar-refractivity contribution >= 4 is 159 Å². The summed E-state index contributed by atoms with van der Waals surface area (Å²) in [5, 5.41) is 62.2. The maximum Gasteiger partial charge on any atom is 0.296 e. The number of amides is 2. The SMILES string of the molecule is CC(=O)Nc1cc(N=Nc2cc(SCCCS(=O)(=O)O)c(N=Nc3cc(OCCCS(=O)(=O)O)c(N=Nc4c(C)c(C#N)c5nc6c(S(=O)(=O)O)ccc(C)c6n5c4O)cc3C)cc2NC(C)=O)c(SCCCS(=O)(=O)O)cc1N=Nc1ccc(S(=O)(=O)O)cc1. The van der Waals surface area contributed by atoms with Gasteiger partial charge in [-0.2, -0.15) is 57.6 Å². The quantitative estimate of drug-likeness (QED) is 0.0103. The van der Waals surface area contributed by atoms with Crippen molar-refractivity contribution in [3.63, 3.8) is 0 Å². The summed E-state index contributed by atoms with van der Waals surface area (Å²) in [7, 11) is -22.6. The normalized spacial score (nSPS) is 12.7. The lowest BCUT2D eigenvalue weighted by atomic mass is 10.1. The van der Waals surface area contributed by atoms with Crippen molar-refractivity contribution in [2.75, 3.05) is 46.0 Å². The molecule has 8 N–H and O–H groups in total. The van der Waals surface area contributed by atoms with Crippen LogP contribution in [0.15, 0.2) is 133 Å². The van der Waals surface area contributed by atoms with Gasteiger partial charge in [-0.25, -0.2) is 4.98 Å². The number of carbonyl (C=O) groups excluding carboxylic acids is 2. The molecule has 482 valence electrons. The summed E-state index contributed by atoms with van der Waals surface area (Å²) < 4.78 is 173. The van der Waals surface area contributed by atoms with Crippen LogP contribution in [0.4, 0.5) is 56.9 Å². The van der Waals surface area contributed by atoms with Crippen LogP contribution in [0.2, 0.25) is 0 Å². The minimum absolute atomic E-state index is 0.0164. The second-order valence-corrected chi connectivity index (χ2v) is 29.3. The number of benzene rings is 5. The van der Waals surface area contributed by atoms with Crippen LogP contribution in [0.3, 0.4) is 0 Å². The number of carbonyl (C=O) groups is 2. The molecule has 7 rings (SSSR count). The number of fused-ring (bicyclic) bond motifs is 3. The standard InChI is InChI=1S/C52H53N13O19S7/c1-28-9-14-47(91(81,82)83)49-50(28)65-51(56-49)35(27-53)30(3)48(52(65)68)64-61-41-21-29(2)36(24-44(41)84-15-6-18-87(69,70)71)58-62-42-23-38(55-32(5)67)40(26-46(42)86-17-8-20-89(75,76)77)60-63-43-22-37(54-31(4)66)39(25-45(43)85-16-7-19-88(72,73)74)59-57-33-10-12-34(13-11-33)90(78,79)80/h9-14,21-26,68H,6-8,15-20H2,1-5H3,(H,54,66)(H,55,67)(H,69,70,71)(H,72,73,74)(H,75,76,77)(H,78,79,80)(H,81,82,83). The lowest BCUT2D eigenvalue weighted by Crippen LogP contribution is -2.08. The number of azo groups is 4. The molecule has 2 aromatic heterocycles. The fraction of sp³-hybridized carbons (Fsp3) is 0.269. The zero-order valence-corrected chi connectivity index (χ0v) is 53.8. The van der Waals surface area contributed by atoms with E-state index in [9.17, 15) is 84.8 Å². The van der Waals surface area contributed by atoms with Gasteiger partial charge in [-0.3, -0.25) is 36.8 Å². The first-order valence-electron chi connectivity index (χ1n) is 26.1. The van der Waals surface area contributed by atoms with Gasteiger partial charge in [-0.1, -0.05) is 6.07 Å². The van der Waals surface area contributed by atoms with Gasteiger partial charge in [0.05, 0.1) is 57.0 Å². The molecule has 7 aromatic rings. The van der Waals surface area contributed by atoms with E-state index in [2.05, 4.69) is 56.5 Å². The summed E-state index contributed by atoms with van der Waals surface area (Å²) in [6.45, 7) is 6.60. The monoisotopic (exact) mass is 1390 g/mol. The van der Waals surface area contributed by atoms with Gasteiger partial charge in [0, 0.05) is 35.3 Å². The number of hydrogen-bond acceptors (Lipinski definition) is 26. The topological polar surface area (TPSA) is 499 Å². The third-order valence-electron chi connectivity index (χ3n) is 12.4. The number of aromatic hydroxyl groups is 1. The first-order valence-corrected chi connectivity index (χ1v) is 35.8. The number of aryl methyl sites for hydroxylation is 2. The minimum Gasteiger partial charge on any atom is -0.493 e. The average molecular weight is 1390 g/mol. The molecule has 0 aliphatic rings. The third-order valence-corrected chi connectivity index (χ3v) is 18.8. The molecule has 0 atom stereocenters. The smallest absolute Gasteiger partial charge is 0.296 e. The zero-order valence-electron chi connectivity index (χ0n) is 48.1. The van der Waals surface area contributed by atoms with Crippen LogP contribution in [0.1, 0.15) is 55.4 Å². The Morgan fingerprint density at radius 1 is 0.593 bits per heavy atom. The minimum atomic E-state index is -4.85. The Morgan fingerprint density at radius 2 is 1.09 bits per heavy atom. The molecule has 0 aliphatic heterocycles. The van der Waals surface area contributed by atoms with Gasteiger partial charge in [0.2, 0.25) is 17.7 Å². The molecule has 0 saturated carbocycles. The molecule has 39 heteroatoms. The Labute approximate surface area is 528 Å². The molecule has 0 bridgehead atoms. The van der Waals surface area contributed by atoms with E-state index in [4.69, 9.17) is 4.74 Å². The fourth-order valence-corrected chi connectivity index (χ4v) is 13.2. The number of nitriles is 1. The Morgan fingerprint density at radius 3 is 1.58 bits per heavy atom. The van der Waals surface area contributed by atoms with Gasteiger partial charge in [0.15, 0.2) is 11.3 Å². The van der Waals surface area contributed by atoms with Gasteiger partial charge in [0.1, 0.15) is 56.2 Å². The van der Waals surface area contributed by atoms with E-state index in [1.807, 2.05) is 6.07 Å². The van der Waals surface area contributed by atoms with Crippen molar-refractivity contribution < 1.29 is 84.3 Å². The molecule has 5 aromatic carbocycles. The predicted molar refractivity (Wildman–Crippen MR) is 334 cm³/mol. The van der Waals surface area contributed by atoms with Gasteiger partial charge >= 0.3 is 0 Å². The van der Waals surface area contributed by atoms with E-state index in [0.29, 0.717) is 11.1 Å². The van der Waals surface area contributed by atoms with Crippen molar-refractivity contribution in [2.24, 2.45) is 40.9 Å². The van der Waals surface area contributed by atoms with Gasteiger partial charge in [-0.15, -0.1) is 54.2 Å². The second-order valence-electron chi connectivity index (χ2n) is 19.5. The number of nitrogens with one attached hydrogen (secondary N) is 2. The van der Waals surface area contributed by atoms with E-state index in [-0.39, 0.29) is 138 Å². The molecule has 0 unspecified atom stereocenters. The molecule has 0 radical (unpaired) electrons. The van der Waals surface area contributed by atoms with E-state index in [1.54, 1.807) is 13.8 Å². The largest absolute Gasteiger partial charge is 0.493 e. The van der Waals surface area contributed by atoms with Crippen molar-refractivity contribution in [1.82, 2.24) is 9.38 Å². The highest BCUT2D eigenvalue weighted by Crippen LogP contribution is 2.46. The van der Waals surface area contributed by atoms with Crippen LogP contribution in [0.5, 0.6) is 11.6 Å². The number of thioether (sulfide) groups is 2. The maximum atomic E-state index is 12.8. The van der Waals surface area contributed by atoms with Gasteiger partial charge in [0.25, 0.3) is 50.6 Å². The molecule has 91 heavy (non-hydrogen) atoms. The second kappa shape index (κ2) is 28.9. The van der Waals surface area contributed by atoms with Crippen molar-refractivity contribution in [3.05, 3.63) is 95.1 Å². The molecule has 2 amide bonds. The highest BCUT2D eigenvalue weighted by atomic mass is 32.2. The highest BCUT2D eigenvalue weighted by Gasteiger charge is 2.27. The van der Waals surface area contributed by atoms with Crippen LogP contribution in [0, 0.1) is 32.1 Å². The summed E-state index contributed by atoms with van der Waals surface area (Å²) in [4.78, 5) is 29.2. The lowest BCUT2D eigenvalue weighted by Gasteiger charge is -2.13. The first kappa shape index (κ1) is 70.2. The average Bonchev–Trinajstić information content (AvgIpc) is 1.60. The van der Waals surface area contributed by atoms with Crippen molar-refractivity contribution in [2.45, 2.75) is 73.5 Å². The van der Waals surface area contributed by atoms with Crippen LogP contribution < -0.4 is 15.4 Å². The molecule has 32 nitrogen and oxygen atoms in total. The summed E-state index contributed by atoms with van der Waals surface area (Å²) in [5.74, 6) is -3.79. The van der Waals surface area contributed by atoms with E-state index < -0.39 is 95.3 Å². The molecule has 2 heterocycles. The molecule has 0 aliphatic carbocycles. The Bertz CT molecular complexity index is 4830. The molecule has 0 saturated heterocycles. The van der Waals surface area contributed by atoms with Gasteiger partial charge < -0.3 is 20.5 Å². The summed E-state index contributed by atoms with van der Waals surface area (Å²) >= 11 is 2.06. The number of pyridine rings is 1. The Hall–Kier alpha value is -8.27. The number of imidazole rings is 1. The van der Waals surface area contributed by atoms with E-state index >= 15 is 0 Å². The Balaban J connectivity index is 1.34. The Kier molecular flexibility index (Phi) is 22.3. The fourth-order valence-electron chi connectivity index (χ4n) is 8.31. The molecule has 0 fully saturated rings. The molecule has 0 spiro atoms. The summed E-state index contributed by atoms with van der Waals surface area (Å²) in [6, 6.07) is 17.4. The van der Waals surface area contributed by atoms with Crippen LogP contribution in [0.25, 0.3) is 16.7 Å². The lowest BCUT2D eigenvalue weighted by molar-refractivity contribution is -0.115. The van der Waals surface area contributed by atoms with Crippen LogP contribution >= 0.6 is 23.5 Å². The molecular formula is C52H53N13O19S7. The first-order chi connectivity index (χ1) is 42.5. The number of hydrogen-bond donors (Lipinski definition) is 8. The number of nitrogens with zero attached hydrogens (tertiary/aromatic N) is 11. The van der Waals surface area contributed by atoms with Crippen LogP contribution in [-0.4, -0.2) is 127 Å². The van der Waals surface area contributed by atoms with Gasteiger partial charge in [-0.05, 0) is 123 Å². The maximum absolute atomic E-state index is 12.8. The summed E-state index contributed by atoms with van der Waals surface area (Å²) in [6.07, 6.45) is -0.378. The number of ether oxygens (including phenoxy) is 1. The van der Waals surface area contributed by atoms with Crippen molar-refractivity contribution in [3.8, 4) is 17.7 Å². The number of anilines is 2. The van der Waals surface area contributed by atoms with Crippen LogP contribution in [-0.2, 0) is 60.2 Å². The summed E-state index contributed by atoms with van der Waals surface area (Å²) in [5.41, 5.74) is 0.0895. The highest BCUT2D eigenvalue weighted by molar-refractivity contribution is 7.99. The zero-order chi connectivity index (χ0) is 67.0. The van der Waals surface area contributed by atoms with Crippen molar-refractivity contribution in [1.29, 1.82) is 5.26 Å². The van der Waals surface area contributed by atoms with E-state index in [0.717, 1.165) is 46.1 Å². The third kappa shape index (κ3) is 19.1.